The molecule has 174 valence electrons. The number of rotatable bonds is 7. The Bertz CT molecular complexity index is 1200. The molecule has 0 N–H and O–H groups in total. The lowest BCUT2D eigenvalue weighted by Crippen LogP contribution is -2.38. The Hall–Kier alpha value is -3.57. The minimum absolute atomic E-state index is 0.0714. The van der Waals surface area contributed by atoms with Gasteiger partial charge in [0, 0.05) is 23.1 Å². The van der Waals surface area contributed by atoms with Crippen LogP contribution in [0, 0.1) is 0 Å². The molecule has 4 rings (SSSR count). The van der Waals surface area contributed by atoms with Crippen molar-refractivity contribution in [2.24, 2.45) is 0 Å². The van der Waals surface area contributed by atoms with Gasteiger partial charge in [-0.15, -0.1) is 0 Å². The Morgan fingerprint density at radius 3 is 2.32 bits per heavy atom. The number of allylic oxidation sites excluding steroid dienone is 1. The van der Waals surface area contributed by atoms with Crippen molar-refractivity contribution in [3.05, 3.63) is 112 Å². The maximum absolute atomic E-state index is 13.4. The number of esters is 1. The second-order valence-corrected chi connectivity index (χ2v) is 8.57. The maximum Gasteiger partial charge on any atom is 0.336 e. The maximum atomic E-state index is 13.4. The zero-order valence-electron chi connectivity index (χ0n) is 19.2. The molecule has 1 amide bonds. The Morgan fingerprint density at radius 2 is 1.65 bits per heavy atom. The number of nitrogens with zero attached hydrogens (tertiary/aromatic N) is 1. The first-order chi connectivity index (χ1) is 16.5. The van der Waals surface area contributed by atoms with Gasteiger partial charge in [0.2, 0.25) is 5.91 Å². The van der Waals surface area contributed by atoms with E-state index in [1.807, 2.05) is 72.8 Å². The van der Waals surface area contributed by atoms with E-state index in [0.717, 1.165) is 22.4 Å². The zero-order chi connectivity index (χ0) is 24.1. The number of amides is 1. The standard InChI is InChI=1S/C28H26ClNO4/c1-19-27(28(32)34-18-21-8-4-3-5-9-21)24(23-10-6-7-11-25(23)29)16-26(31)30(19)17-20-12-14-22(33-2)15-13-20/h3-15,24H,16-18H2,1-2H3. The van der Waals surface area contributed by atoms with E-state index < -0.39 is 11.9 Å². The summed E-state index contributed by atoms with van der Waals surface area (Å²) in [5, 5.41) is 0.519. The molecule has 0 radical (unpaired) electrons. The third-order valence-electron chi connectivity index (χ3n) is 6.04. The molecule has 0 aromatic heterocycles. The molecule has 1 aliphatic heterocycles. The van der Waals surface area contributed by atoms with Crippen LogP contribution in [0.4, 0.5) is 0 Å². The first-order valence-corrected chi connectivity index (χ1v) is 11.4. The van der Waals surface area contributed by atoms with E-state index in [4.69, 9.17) is 21.1 Å². The third-order valence-corrected chi connectivity index (χ3v) is 6.38. The summed E-state index contributed by atoms with van der Waals surface area (Å²) in [5.74, 6) is -0.252. The van der Waals surface area contributed by atoms with Crippen molar-refractivity contribution in [3.63, 3.8) is 0 Å². The second kappa shape index (κ2) is 10.6. The van der Waals surface area contributed by atoms with Crippen LogP contribution in [-0.2, 0) is 27.5 Å². The van der Waals surface area contributed by atoms with Crippen LogP contribution in [0.25, 0.3) is 0 Å². The summed E-state index contributed by atoms with van der Waals surface area (Å²) in [5.41, 5.74) is 3.60. The fraction of sp³-hybridized carbons (Fsp3) is 0.214. The van der Waals surface area contributed by atoms with Crippen LogP contribution in [0.2, 0.25) is 5.02 Å². The monoisotopic (exact) mass is 475 g/mol. The third kappa shape index (κ3) is 5.15. The molecule has 6 heteroatoms. The highest BCUT2D eigenvalue weighted by Crippen LogP contribution is 2.40. The van der Waals surface area contributed by atoms with Crippen molar-refractivity contribution in [2.75, 3.05) is 7.11 Å². The predicted octanol–water partition coefficient (Wildman–Crippen LogP) is 5.88. The summed E-state index contributed by atoms with van der Waals surface area (Å²) >= 11 is 6.48. The topological polar surface area (TPSA) is 55.8 Å². The number of methoxy groups -OCH3 is 1. The highest BCUT2D eigenvalue weighted by atomic mass is 35.5. The van der Waals surface area contributed by atoms with Crippen LogP contribution in [0.3, 0.4) is 0 Å². The van der Waals surface area contributed by atoms with Crippen molar-refractivity contribution in [1.29, 1.82) is 0 Å². The van der Waals surface area contributed by atoms with Crippen molar-refractivity contribution in [3.8, 4) is 5.75 Å². The molecule has 3 aromatic carbocycles. The van der Waals surface area contributed by atoms with Gasteiger partial charge in [-0.2, -0.15) is 0 Å². The molecular formula is C28H26ClNO4. The molecule has 1 atom stereocenters. The van der Waals surface area contributed by atoms with E-state index in [0.29, 0.717) is 22.8 Å². The summed E-state index contributed by atoms with van der Waals surface area (Å²) in [7, 11) is 1.61. The molecule has 5 nitrogen and oxygen atoms in total. The molecule has 34 heavy (non-hydrogen) atoms. The molecule has 0 bridgehead atoms. The summed E-state index contributed by atoms with van der Waals surface area (Å²) in [4.78, 5) is 28.3. The molecule has 0 fully saturated rings. The van der Waals surface area contributed by atoms with Gasteiger partial charge in [-0.3, -0.25) is 4.79 Å². The van der Waals surface area contributed by atoms with Gasteiger partial charge >= 0.3 is 5.97 Å². The van der Waals surface area contributed by atoms with Gasteiger partial charge in [-0.25, -0.2) is 4.79 Å². The summed E-state index contributed by atoms with van der Waals surface area (Å²) in [6.07, 6.45) is 0.132. The lowest BCUT2D eigenvalue weighted by Gasteiger charge is -2.35. The number of halogens is 1. The van der Waals surface area contributed by atoms with Crippen molar-refractivity contribution < 1.29 is 19.1 Å². The number of hydrogen-bond acceptors (Lipinski definition) is 4. The zero-order valence-corrected chi connectivity index (χ0v) is 19.9. The van der Waals surface area contributed by atoms with Crippen molar-refractivity contribution in [2.45, 2.75) is 32.4 Å². The van der Waals surface area contributed by atoms with Crippen molar-refractivity contribution in [1.82, 2.24) is 4.90 Å². The van der Waals surface area contributed by atoms with Crippen LogP contribution in [0.5, 0.6) is 5.75 Å². The van der Waals surface area contributed by atoms with E-state index in [1.54, 1.807) is 25.0 Å². The van der Waals surface area contributed by atoms with Crippen LogP contribution in [0.1, 0.15) is 36.0 Å². The predicted molar refractivity (Wildman–Crippen MR) is 131 cm³/mol. The first kappa shape index (κ1) is 23.6. The molecule has 0 aliphatic carbocycles. The second-order valence-electron chi connectivity index (χ2n) is 8.17. The van der Waals surface area contributed by atoms with E-state index in [9.17, 15) is 9.59 Å². The summed E-state index contributed by atoms with van der Waals surface area (Å²) in [6.45, 7) is 2.29. The van der Waals surface area contributed by atoms with E-state index in [1.165, 1.54) is 0 Å². The number of carbonyl (C=O) groups is 2. The summed E-state index contributed by atoms with van der Waals surface area (Å²) < 4.78 is 10.9. The minimum Gasteiger partial charge on any atom is -0.497 e. The fourth-order valence-corrected chi connectivity index (χ4v) is 4.47. The molecule has 3 aromatic rings. The fourth-order valence-electron chi connectivity index (χ4n) is 4.21. The van der Waals surface area contributed by atoms with Crippen LogP contribution in [0.15, 0.2) is 90.1 Å². The van der Waals surface area contributed by atoms with Crippen LogP contribution in [-0.4, -0.2) is 23.9 Å². The van der Waals surface area contributed by atoms with Gasteiger partial charge in [0.25, 0.3) is 0 Å². The Balaban J connectivity index is 1.68. The van der Waals surface area contributed by atoms with E-state index in [2.05, 4.69) is 0 Å². The lowest BCUT2D eigenvalue weighted by molar-refractivity contribution is -0.141. The SMILES string of the molecule is COc1ccc(CN2C(=O)CC(c3ccccc3Cl)C(C(=O)OCc3ccccc3)=C2C)cc1. The highest BCUT2D eigenvalue weighted by Gasteiger charge is 2.37. The largest absolute Gasteiger partial charge is 0.497 e. The molecule has 0 spiro atoms. The smallest absolute Gasteiger partial charge is 0.336 e. The molecule has 1 aliphatic rings. The molecular weight excluding hydrogens is 450 g/mol. The van der Waals surface area contributed by atoms with Gasteiger partial charge < -0.3 is 14.4 Å². The summed E-state index contributed by atoms with van der Waals surface area (Å²) in [6, 6.07) is 24.4. The molecule has 1 unspecified atom stereocenters. The lowest BCUT2D eigenvalue weighted by atomic mass is 9.83. The average molecular weight is 476 g/mol. The molecule has 1 heterocycles. The molecule has 0 saturated carbocycles. The minimum atomic E-state index is -0.475. The van der Waals surface area contributed by atoms with Gasteiger partial charge in [0.1, 0.15) is 12.4 Å². The highest BCUT2D eigenvalue weighted by molar-refractivity contribution is 6.31. The van der Waals surface area contributed by atoms with E-state index in [-0.39, 0.29) is 18.9 Å². The number of ether oxygens (including phenoxy) is 2. The average Bonchev–Trinajstić information content (AvgIpc) is 2.86. The van der Waals surface area contributed by atoms with Gasteiger partial charge in [-0.05, 0) is 41.8 Å². The normalized spacial score (nSPS) is 15.9. The van der Waals surface area contributed by atoms with Gasteiger partial charge in [-0.1, -0.05) is 72.3 Å². The van der Waals surface area contributed by atoms with Gasteiger partial charge in [0.15, 0.2) is 0 Å². The Kier molecular flexibility index (Phi) is 7.33. The number of hydrogen-bond donors (Lipinski definition) is 0. The van der Waals surface area contributed by atoms with Crippen molar-refractivity contribution >= 4 is 23.5 Å². The number of benzene rings is 3. The first-order valence-electron chi connectivity index (χ1n) is 11.1. The van der Waals surface area contributed by atoms with Crippen LogP contribution >= 0.6 is 11.6 Å². The Labute approximate surface area is 204 Å². The van der Waals surface area contributed by atoms with Crippen LogP contribution < -0.4 is 4.74 Å². The molecule has 0 saturated heterocycles. The van der Waals surface area contributed by atoms with E-state index >= 15 is 0 Å². The Morgan fingerprint density at radius 1 is 0.971 bits per heavy atom. The number of carbonyl (C=O) groups excluding carboxylic acids is 2. The van der Waals surface area contributed by atoms with Gasteiger partial charge in [0.05, 0.1) is 19.2 Å². The quantitative estimate of drug-likeness (QED) is 0.400.